The van der Waals surface area contributed by atoms with Gasteiger partial charge >= 0.3 is 5.97 Å². The molecule has 0 aliphatic heterocycles. The molecule has 3 nitrogen and oxygen atoms in total. The molecule has 1 fully saturated rings. The molecule has 0 atom stereocenters. The molecule has 0 bridgehead atoms. The lowest BCUT2D eigenvalue weighted by molar-refractivity contribution is -0.151. The third-order valence-corrected chi connectivity index (χ3v) is 2.67. The maximum Gasteiger partial charge on any atom is 0.331 e. The number of thiol groups is 2. The summed E-state index contributed by atoms with van der Waals surface area (Å²) in [7, 11) is 0. The van der Waals surface area contributed by atoms with Crippen molar-refractivity contribution in [2.45, 2.75) is 48.9 Å². The Balaban J connectivity index is 2.35. The van der Waals surface area contributed by atoms with Crippen LogP contribution in [0.3, 0.4) is 0 Å². The van der Waals surface area contributed by atoms with E-state index < -0.39 is 10.0 Å². The fourth-order valence-corrected chi connectivity index (χ4v) is 1.53. The monoisotopic (exact) mass is 236 g/mol. The summed E-state index contributed by atoms with van der Waals surface area (Å²) in [5, 5.41) is 9.25. The predicted molar refractivity (Wildman–Crippen MR) is 60.7 cm³/mol. The maximum atomic E-state index is 11.4. The van der Waals surface area contributed by atoms with E-state index in [2.05, 4.69) is 25.3 Å². The molecular weight excluding hydrogens is 220 g/mol. The Bertz CT molecular complexity index is 205. The Morgan fingerprint density at radius 3 is 2.29 bits per heavy atom. The fraction of sp³-hybridized carbons (Fsp3) is 0.889. The largest absolute Gasteiger partial charge is 0.461 e. The van der Waals surface area contributed by atoms with Crippen LogP contribution < -0.4 is 0 Å². The van der Waals surface area contributed by atoms with Gasteiger partial charge in [-0.3, -0.25) is 0 Å². The fourth-order valence-electron chi connectivity index (χ4n) is 1.43. The van der Waals surface area contributed by atoms with Gasteiger partial charge in [-0.15, -0.1) is 0 Å². The number of esters is 1. The van der Waals surface area contributed by atoms with E-state index in [-0.39, 0.29) is 12.2 Å². The van der Waals surface area contributed by atoms with Crippen LogP contribution in [0.5, 0.6) is 0 Å². The van der Waals surface area contributed by atoms with Crippen LogP contribution in [0, 0.1) is 0 Å². The van der Waals surface area contributed by atoms with Gasteiger partial charge in [0.25, 0.3) is 0 Å². The van der Waals surface area contributed by atoms with Crippen molar-refractivity contribution in [2.24, 2.45) is 0 Å². The number of aliphatic hydroxyl groups is 1. The van der Waals surface area contributed by atoms with Gasteiger partial charge in [-0.2, -0.15) is 25.3 Å². The van der Waals surface area contributed by atoms with Gasteiger partial charge in [0, 0.05) is 0 Å². The first-order valence-electron chi connectivity index (χ1n) is 4.73. The number of ether oxygens (including phenoxy) is 1. The van der Waals surface area contributed by atoms with Crippen molar-refractivity contribution in [3.8, 4) is 0 Å². The molecule has 0 aromatic carbocycles. The van der Waals surface area contributed by atoms with Gasteiger partial charge in [0.1, 0.15) is 6.10 Å². The van der Waals surface area contributed by atoms with Crippen molar-refractivity contribution in [2.75, 3.05) is 0 Å². The maximum absolute atomic E-state index is 11.4. The van der Waals surface area contributed by atoms with Gasteiger partial charge in [-0.25, -0.2) is 4.79 Å². The molecular formula is C9H16O3S2. The Kier molecular flexibility index (Phi) is 4.15. The van der Waals surface area contributed by atoms with E-state index in [0.29, 0.717) is 12.8 Å². The molecule has 1 rings (SSSR count). The summed E-state index contributed by atoms with van der Waals surface area (Å²) in [6.07, 6.45) is 2.55. The van der Waals surface area contributed by atoms with Crippen molar-refractivity contribution in [3.05, 3.63) is 0 Å². The van der Waals surface area contributed by atoms with Crippen molar-refractivity contribution in [3.63, 3.8) is 0 Å². The SMILES string of the molecule is CC(S)(S)C(=O)OC1CCC(O)CC1. The molecule has 0 aromatic rings. The van der Waals surface area contributed by atoms with E-state index in [9.17, 15) is 9.90 Å². The van der Waals surface area contributed by atoms with Gasteiger partial charge in [0.05, 0.1) is 6.10 Å². The van der Waals surface area contributed by atoms with Gasteiger partial charge in [0.15, 0.2) is 4.08 Å². The molecule has 1 aliphatic rings. The molecule has 0 spiro atoms. The lowest BCUT2D eigenvalue weighted by Crippen LogP contribution is -2.32. The Morgan fingerprint density at radius 1 is 1.36 bits per heavy atom. The number of hydrogen-bond acceptors (Lipinski definition) is 5. The molecule has 0 radical (unpaired) electrons. The van der Waals surface area contributed by atoms with Crippen LogP contribution in [0.2, 0.25) is 0 Å². The van der Waals surface area contributed by atoms with E-state index >= 15 is 0 Å². The average molecular weight is 236 g/mol. The van der Waals surface area contributed by atoms with E-state index in [1.807, 2.05) is 0 Å². The van der Waals surface area contributed by atoms with Crippen molar-refractivity contribution in [1.29, 1.82) is 0 Å². The number of carbonyl (C=O) groups excluding carboxylic acids is 1. The summed E-state index contributed by atoms with van der Waals surface area (Å²) >= 11 is 8.01. The van der Waals surface area contributed by atoms with Crippen LogP contribution in [0.4, 0.5) is 0 Å². The van der Waals surface area contributed by atoms with E-state index in [1.165, 1.54) is 0 Å². The molecule has 0 heterocycles. The van der Waals surface area contributed by atoms with Crippen molar-refractivity contribution >= 4 is 31.2 Å². The van der Waals surface area contributed by atoms with Gasteiger partial charge in [0.2, 0.25) is 0 Å². The summed E-state index contributed by atoms with van der Waals surface area (Å²) in [5.74, 6) is -0.412. The zero-order valence-electron chi connectivity index (χ0n) is 8.14. The van der Waals surface area contributed by atoms with Crippen LogP contribution in [0.1, 0.15) is 32.6 Å². The summed E-state index contributed by atoms with van der Waals surface area (Å²) in [4.78, 5) is 11.4. The van der Waals surface area contributed by atoms with Crippen LogP contribution in [0.15, 0.2) is 0 Å². The second-order valence-corrected chi connectivity index (χ2v) is 6.00. The summed E-state index contributed by atoms with van der Waals surface area (Å²) in [6, 6.07) is 0. The van der Waals surface area contributed by atoms with Crippen LogP contribution in [-0.4, -0.2) is 27.4 Å². The Labute approximate surface area is 95.0 Å². The Hall–Kier alpha value is 0.130. The van der Waals surface area contributed by atoms with Crippen molar-refractivity contribution < 1.29 is 14.6 Å². The molecule has 5 heteroatoms. The smallest absolute Gasteiger partial charge is 0.331 e. The third kappa shape index (κ3) is 3.71. The minimum atomic E-state index is -1.03. The molecule has 0 aromatic heterocycles. The minimum absolute atomic E-state index is 0.0791. The molecule has 82 valence electrons. The molecule has 1 aliphatic carbocycles. The highest BCUT2D eigenvalue weighted by molar-refractivity contribution is 8.01. The van der Waals surface area contributed by atoms with E-state index in [4.69, 9.17) is 4.74 Å². The number of hydrogen-bond donors (Lipinski definition) is 3. The van der Waals surface area contributed by atoms with Gasteiger partial charge in [-0.05, 0) is 32.6 Å². The highest BCUT2D eigenvalue weighted by Gasteiger charge is 2.30. The number of rotatable bonds is 2. The zero-order valence-corrected chi connectivity index (χ0v) is 9.93. The molecule has 0 unspecified atom stereocenters. The summed E-state index contributed by atoms with van der Waals surface area (Å²) in [6.45, 7) is 1.58. The first-order chi connectivity index (χ1) is 6.39. The van der Waals surface area contributed by atoms with Crippen LogP contribution >= 0.6 is 25.3 Å². The summed E-state index contributed by atoms with van der Waals surface area (Å²) < 4.78 is 4.17. The number of aliphatic hydroxyl groups excluding tert-OH is 1. The average Bonchev–Trinajstić information content (AvgIpc) is 2.07. The van der Waals surface area contributed by atoms with Crippen molar-refractivity contribution in [1.82, 2.24) is 0 Å². The van der Waals surface area contributed by atoms with Gasteiger partial charge < -0.3 is 9.84 Å². The number of carbonyl (C=O) groups is 1. The molecule has 14 heavy (non-hydrogen) atoms. The second-order valence-electron chi connectivity index (χ2n) is 3.86. The lowest BCUT2D eigenvalue weighted by atomic mass is 9.95. The molecule has 0 amide bonds. The zero-order chi connectivity index (χ0) is 10.8. The summed E-state index contributed by atoms with van der Waals surface area (Å²) in [5.41, 5.74) is 0. The standard InChI is InChI=1S/C9H16O3S2/c1-9(13,14)8(11)12-7-4-2-6(10)3-5-7/h6-7,10,13-14H,2-5H2,1H3. The van der Waals surface area contributed by atoms with Crippen LogP contribution in [-0.2, 0) is 9.53 Å². The molecule has 1 saturated carbocycles. The predicted octanol–water partition coefficient (Wildman–Crippen LogP) is 1.41. The highest BCUT2D eigenvalue weighted by atomic mass is 32.2. The minimum Gasteiger partial charge on any atom is -0.461 e. The highest BCUT2D eigenvalue weighted by Crippen LogP contribution is 2.26. The van der Waals surface area contributed by atoms with E-state index in [0.717, 1.165) is 12.8 Å². The quantitative estimate of drug-likeness (QED) is 0.386. The lowest BCUT2D eigenvalue weighted by Gasteiger charge is -2.27. The first kappa shape index (κ1) is 12.2. The molecule has 0 saturated heterocycles. The van der Waals surface area contributed by atoms with Gasteiger partial charge in [-0.1, -0.05) is 0 Å². The second kappa shape index (κ2) is 4.77. The van der Waals surface area contributed by atoms with Crippen LogP contribution in [0.25, 0.3) is 0 Å². The Morgan fingerprint density at radius 2 is 1.86 bits per heavy atom. The topological polar surface area (TPSA) is 46.5 Å². The first-order valence-corrected chi connectivity index (χ1v) is 5.63. The normalized spacial score (nSPS) is 28.6. The molecule has 1 N–H and O–H groups in total. The van der Waals surface area contributed by atoms with E-state index in [1.54, 1.807) is 6.92 Å². The third-order valence-electron chi connectivity index (χ3n) is 2.30.